The molecule has 4 nitrogen and oxygen atoms in total. The first-order valence-electron chi connectivity index (χ1n) is 8.13. The number of benzene rings is 2. The summed E-state index contributed by atoms with van der Waals surface area (Å²) < 4.78 is 16.4. The first-order valence-corrected chi connectivity index (χ1v) is 8.13. The van der Waals surface area contributed by atoms with Gasteiger partial charge in [-0.15, -0.1) is 0 Å². The molecule has 0 bridgehead atoms. The Bertz CT molecular complexity index is 934. The maximum atomic E-state index is 10.2. The highest BCUT2D eigenvalue weighted by Gasteiger charge is 2.17. The lowest BCUT2D eigenvalue weighted by atomic mass is 10.0. The number of ether oxygens (including phenoxy) is 2. The van der Waals surface area contributed by atoms with E-state index in [2.05, 4.69) is 6.92 Å². The van der Waals surface area contributed by atoms with E-state index in [9.17, 15) is 5.11 Å². The zero-order chi connectivity index (χ0) is 17.8. The topological polar surface area (TPSA) is 50.0 Å². The smallest absolute Gasteiger partial charge is 0.364 e. The summed E-state index contributed by atoms with van der Waals surface area (Å²) in [7, 11) is 3.21. The fourth-order valence-electron chi connectivity index (χ4n) is 2.67. The lowest BCUT2D eigenvalue weighted by molar-refractivity contribution is -0.00000719. The molecule has 3 aromatic rings. The molecule has 0 unspecified atom stereocenters. The van der Waals surface area contributed by atoms with Crippen LogP contribution >= 0.6 is 0 Å². The molecule has 1 N–H and O–H groups in total. The van der Waals surface area contributed by atoms with Gasteiger partial charge in [0.2, 0.25) is 0 Å². The Morgan fingerprint density at radius 3 is 2.31 bits per heavy atom. The van der Waals surface area contributed by atoms with E-state index in [4.69, 9.17) is 13.9 Å². The molecule has 136 valence electrons. The second kappa shape index (κ2) is 8.59. The highest BCUT2D eigenvalue weighted by Crippen LogP contribution is 2.31. The highest BCUT2D eigenvalue weighted by atomic mass is 35.5. The van der Waals surface area contributed by atoms with E-state index >= 15 is 0 Å². The summed E-state index contributed by atoms with van der Waals surface area (Å²) in [5.41, 5.74) is 2.47. The number of hydrogen-bond acceptors (Lipinski definition) is 3. The molecular weight excluding hydrogens is 352 g/mol. The van der Waals surface area contributed by atoms with Crippen molar-refractivity contribution in [1.82, 2.24) is 0 Å². The fourth-order valence-corrected chi connectivity index (χ4v) is 2.67. The maximum absolute atomic E-state index is 10.2. The largest absolute Gasteiger partial charge is 1.00 e. The molecule has 0 aliphatic rings. The average Bonchev–Trinajstić information content (AvgIpc) is 2.66. The number of hydrogen-bond donors (Lipinski definition) is 1. The van der Waals surface area contributed by atoms with Gasteiger partial charge >= 0.3 is 11.3 Å². The van der Waals surface area contributed by atoms with Crippen molar-refractivity contribution in [2.24, 2.45) is 0 Å². The van der Waals surface area contributed by atoms with Crippen LogP contribution < -0.4 is 21.9 Å². The normalized spacial score (nSPS) is 11.1. The second-order valence-corrected chi connectivity index (χ2v) is 5.65. The van der Waals surface area contributed by atoms with Gasteiger partial charge in [0.15, 0.2) is 0 Å². The zero-order valence-electron chi connectivity index (χ0n) is 15.0. The first kappa shape index (κ1) is 19.6. The SMILES string of the molecule is CC/C(=C/c1ccc(OC)cc1O)c1ccc2ccc(OC)cc2[o+]1.[Cl-]. The molecule has 1 aromatic heterocycles. The van der Waals surface area contributed by atoms with Crippen LogP contribution in [0.5, 0.6) is 17.2 Å². The van der Waals surface area contributed by atoms with Crippen molar-refractivity contribution in [3.63, 3.8) is 0 Å². The van der Waals surface area contributed by atoms with Crippen molar-refractivity contribution in [3.05, 3.63) is 59.9 Å². The molecule has 0 aliphatic carbocycles. The monoisotopic (exact) mass is 372 g/mol. The minimum absolute atomic E-state index is 0. The van der Waals surface area contributed by atoms with Crippen LogP contribution in [0.4, 0.5) is 0 Å². The molecule has 3 rings (SSSR count). The summed E-state index contributed by atoms with van der Waals surface area (Å²) in [4.78, 5) is 0. The van der Waals surface area contributed by atoms with Crippen molar-refractivity contribution in [2.45, 2.75) is 13.3 Å². The van der Waals surface area contributed by atoms with Crippen LogP contribution in [0, 0.1) is 0 Å². The second-order valence-electron chi connectivity index (χ2n) is 5.65. The van der Waals surface area contributed by atoms with Gasteiger partial charge in [0.25, 0.3) is 0 Å². The van der Waals surface area contributed by atoms with Crippen molar-refractivity contribution in [3.8, 4) is 17.2 Å². The molecule has 5 heteroatoms. The van der Waals surface area contributed by atoms with Crippen molar-refractivity contribution in [1.29, 1.82) is 0 Å². The molecule has 0 fully saturated rings. The predicted octanol–water partition coefficient (Wildman–Crippen LogP) is 2.39. The van der Waals surface area contributed by atoms with E-state index in [-0.39, 0.29) is 18.2 Å². The Morgan fingerprint density at radius 1 is 1.00 bits per heavy atom. The third-order valence-corrected chi connectivity index (χ3v) is 4.12. The third-order valence-electron chi connectivity index (χ3n) is 4.12. The van der Waals surface area contributed by atoms with Gasteiger partial charge in [-0.1, -0.05) is 6.92 Å². The number of methoxy groups -OCH3 is 2. The van der Waals surface area contributed by atoms with Gasteiger partial charge in [-0.3, -0.25) is 0 Å². The van der Waals surface area contributed by atoms with Crippen LogP contribution in [-0.4, -0.2) is 19.3 Å². The standard InChI is InChI=1S/C21H20O4.ClH/c1-4-14(11-16-6-9-17(23-2)12-19(16)22)20-10-7-15-5-8-18(24-3)13-21(15)25-20;/h5-13H,4H2,1-3H3;1H/b14-11-;. The van der Waals surface area contributed by atoms with Gasteiger partial charge in [-0.2, -0.15) is 0 Å². The molecular formula is C21H21ClO4. The van der Waals surface area contributed by atoms with E-state index in [1.165, 1.54) is 0 Å². The number of fused-ring (bicyclic) bond motifs is 1. The van der Waals surface area contributed by atoms with E-state index in [0.717, 1.165) is 40.0 Å². The summed E-state index contributed by atoms with van der Waals surface area (Å²) in [5.74, 6) is 2.31. The number of phenolic OH excluding ortho intramolecular Hbond substituents is 1. The van der Waals surface area contributed by atoms with Crippen molar-refractivity contribution in [2.75, 3.05) is 14.2 Å². The molecule has 0 amide bonds. The Labute approximate surface area is 159 Å². The number of rotatable bonds is 5. The van der Waals surface area contributed by atoms with Gasteiger partial charge < -0.3 is 27.0 Å². The Kier molecular flexibility index (Phi) is 6.47. The summed E-state index contributed by atoms with van der Waals surface area (Å²) in [6.07, 6.45) is 2.70. The van der Waals surface area contributed by atoms with Crippen LogP contribution in [0.25, 0.3) is 22.6 Å². The van der Waals surface area contributed by atoms with E-state index in [0.29, 0.717) is 5.75 Å². The van der Waals surface area contributed by atoms with Gasteiger partial charge in [0.05, 0.1) is 31.2 Å². The highest BCUT2D eigenvalue weighted by molar-refractivity contribution is 5.84. The van der Waals surface area contributed by atoms with Crippen LogP contribution in [0.1, 0.15) is 24.7 Å². The number of aromatic hydroxyl groups is 1. The Hall–Kier alpha value is -2.72. The van der Waals surface area contributed by atoms with E-state index < -0.39 is 0 Å². The molecule has 0 aliphatic heterocycles. The molecule has 0 radical (unpaired) electrons. The Morgan fingerprint density at radius 2 is 1.65 bits per heavy atom. The van der Waals surface area contributed by atoms with Gasteiger partial charge in [0.1, 0.15) is 17.2 Å². The number of halogens is 1. The van der Waals surface area contributed by atoms with Crippen LogP contribution in [0.2, 0.25) is 0 Å². The summed E-state index contributed by atoms with van der Waals surface area (Å²) in [6, 6.07) is 15.0. The molecule has 0 atom stereocenters. The Balaban J connectivity index is 0.00000243. The molecule has 26 heavy (non-hydrogen) atoms. The predicted molar refractivity (Wildman–Crippen MR) is 100.0 cm³/mol. The molecule has 0 spiro atoms. The minimum Gasteiger partial charge on any atom is -1.00 e. The van der Waals surface area contributed by atoms with Crippen LogP contribution in [0.3, 0.4) is 0 Å². The molecule has 2 aromatic carbocycles. The lowest BCUT2D eigenvalue weighted by Gasteiger charge is -2.04. The van der Waals surface area contributed by atoms with Gasteiger partial charge in [0, 0.05) is 17.7 Å². The fraction of sp³-hybridized carbons (Fsp3) is 0.190. The average molecular weight is 373 g/mol. The summed E-state index contributed by atoms with van der Waals surface area (Å²) >= 11 is 0. The van der Waals surface area contributed by atoms with E-state index in [1.54, 1.807) is 20.3 Å². The maximum Gasteiger partial charge on any atom is 0.364 e. The van der Waals surface area contributed by atoms with Crippen molar-refractivity contribution >= 4 is 22.6 Å². The van der Waals surface area contributed by atoms with Gasteiger partial charge in [-0.05, 0) is 42.8 Å². The van der Waals surface area contributed by atoms with E-state index in [1.807, 2.05) is 48.5 Å². The zero-order valence-corrected chi connectivity index (χ0v) is 15.7. The van der Waals surface area contributed by atoms with Crippen LogP contribution in [0.15, 0.2) is 52.9 Å². The van der Waals surface area contributed by atoms with Crippen LogP contribution in [-0.2, 0) is 0 Å². The summed E-state index contributed by atoms with van der Waals surface area (Å²) in [5, 5.41) is 11.2. The third kappa shape index (κ3) is 4.09. The summed E-state index contributed by atoms with van der Waals surface area (Å²) in [6.45, 7) is 2.05. The van der Waals surface area contributed by atoms with Gasteiger partial charge in [-0.25, -0.2) is 4.42 Å². The minimum atomic E-state index is 0. The lowest BCUT2D eigenvalue weighted by Crippen LogP contribution is -3.00. The quantitative estimate of drug-likeness (QED) is 0.699. The molecule has 0 saturated heterocycles. The first-order chi connectivity index (χ1) is 12.1. The van der Waals surface area contributed by atoms with Crippen molar-refractivity contribution < 1.29 is 31.4 Å². The molecule has 1 heterocycles. The molecule has 0 saturated carbocycles. The number of allylic oxidation sites excluding steroid dienone is 1. The number of phenols is 1.